The zero-order chi connectivity index (χ0) is 23.1. The van der Waals surface area contributed by atoms with Crippen molar-refractivity contribution in [2.24, 2.45) is 0 Å². The maximum absolute atomic E-state index is 12.8. The molecule has 2 amide bonds. The summed E-state index contributed by atoms with van der Waals surface area (Å²) in [6, 6.07) is 8.47. The van der Waals surface area contributed by atoms with Crippen molar-refractivity contribution in [2.75, 3.05) is 17.9 Å². The number of benzene rings is 2. The van der Waals surface area contributed by atoms with E-state index < -0.39 is 33.6 Å². The van der Waals surface area contributed by atoms with Gasteiger partial charge in [0.15, 0.2) is 0 Å². The summed E-state index contributed by atoms with van der Waals surface area (Å²) in [4.78, 5) is 23.4. The molecule has 0 saturated heterocycles. The van der Waals surface area contributed by atoms with Crippen LogP contribution in [0.15, 0.2) is 53.4 Å². The first-order valence-electron chi connectivity index (χ1n) is 9.00. The average Bonchev–Trinajstić information content (AvgIpc) is 2.71. The maximum Gasteiger partial charge on any atom is 0.416 e. The summed E-state index contributed by atoms with van der Waals surface area (Å²) in [5.74, 6) is -1.39. The van der Waals surface area contributed by atoms with E-state index in [9.17, 15) is 31.2 Å². The van der Waals surface area contributed by atoms with Gasteiger partial charge in [-0.2, -0.15) is 13.2 Å². The van der Waals surface area contributed by atoms with Crippen molar-refractivity contribution >= 4 is 27.5 Å². The van der Waals surface area contributed by atoms with Crippen molar-refractivity contribution in [1.82, 2.24) is 10.9 Å². The third-order valence-electron chi connectivity index (χ3n) is 3.75. The largest absolute Gasteiger partial charge is 0.416 e. The van der Waals surface area contributed by atoms with E-state index >= 15 is 0 Å². The van der Waals surface area contributed by atoms with Gasteiger partial charge in [0.1, 0.15) is 6.61 Å². The minimum atomic E-state index is -4.63. The van der Waals surface area contributed by atoms with Gasteiger partial charge in [-0.15, -0.1) is 0 Å². The Labute approximate surface area is 176 Å². The number of carbonyl (C=O) groups excluding carboxylic acids is 2. The first-order chi connectivity index (χ1) is 14.5. The highest BCUT2D eigenvalue weighted by Gasteiger charge is 2.30. The molecule has 0 saturated carbocycles. The van der Waals surface area contributed by atoms with E-state index in [1.807, 2.05) is 11.6 Å². The van der Waals surface area contributed by atoms with Crippen molar-refractivity contribution in [3.63, 3.8) is 0 Å². The van der Waals surface area contributed by atoms with E-state index in [4.69, 9.17) is 4.74 Å². The Bertz CT molecular complexity index is 1040. The molecule has 0 bridgehead atoms. The fourth-order valence-electron chi connectivity index (χ4n) is 2.32. The molecule has 0 aromatic heterocycles. The summed E-state index contributed by atoms with van der Waals surface area (Å²) in [6.45, 7) is 1.98. The molecule has 0 aliphatic carbocycles. The topological polar surface area (TPSA) is 114 Å². The lowest BCUT2D eigenvalue weighted by Crippen LogP contribution is -2.43. The van der Waals surface area contributed by atoms with Crippen molar-refractivity contribution in [1.29, 1.82) is 0 Å². The van der Waals surface area contributed by atoms with E-state index in [-0.39, 0.29) is 22.8 Å². The van der Waals surface area contributed by atoms with Crippen molar-refractivity contribution in [2.45, 2.75) is 24.4 Å². The molecule has 2 rings (SSSR count). The first kappa shape index (κ1) is 24.2. The third kappa shape index (κ3) is 7.26. The molecule has 2 aromatic carbocycles. The quantitative estimate of drug-likeness (QED) is 0.415. The molecule has 0 unspecified atom stereocenters. The molecule has 0 fully saturated rings. The van der Waals surface area contributed by atoms with Gasteiger partial charge < -0.3 is 4.74 Å². The maximum atomic E-state index is 12.8. The summed E-state index contributed by atoms with van der Waals surface area (Å²) in [5.41, 5.74) is 2.84. The van der Waals surface area contributed by atoms with Crippen LogP contribution in [0.25, 0.3) is 0 Å². The lowest BCUT2D eigenvalue weighted by molar-refractivity contribution is -0.137. The van der Waals surface area contributed by atoms with Crippen LogP contribution >= 0.6 is 0 Å². The van der Waals surface area contributed by atoms with Gasteiger partial charge in [0.25, 0.3) is 21.8 Å². The summed E-state index contributed by atoms with van der Waals surface area (Å²) < 4.78 is 70.6. The number of nitrogens with one attached hydrogen (secondary N) is 3. The fourth-order valence-corrected chi connectivity index (χ4v) is 3.42. The highest BCUT2D eigenvalue weighted by Crippen LogP contribution is 2.31. The van der Waals surface area contributed by atoms with E-state index in [0.29, 0.717) is 12.7 Å². The summed E-state index contributed by atoms with van der Waals surface area (Å²) in [7, 11) is -4.28. The molecule has 3 N–H and O–H groups in total. The molecular formula is C19H20F3N3O5S. The first-order valence-corrected chi connectivity index (χ1v) is 10.5. The predicted molar refractivity (Wildman–Crippen MR) is 105 cm³/mol. The summed E-state index contributed by atoms with van der Waals surface area (Å²) in [5, 5.41) is 0. The van der Waals surface area contributed by atoms with Gasteiger partial charge in [0.2, 0.25) is 0 Å². The third-order valence-corrected chi connectivity index (χ3v) is 5.12. The van der Waals surface area contributed by atoms with Crippen molar-refractivity contribution < 1.29 is 35.9 Å². The Hall–Kier alpha value is -3.12. The Balaban J connectivity index is 2.09. The zero-order valence-corrected chi connectivity index (χ0v) is 17.1. The van der Waals surface area contributed by atoms with Crippen molar-refractivity contribution in [3.8, 4) is 0 Å². The van der Waals surface area contributed by atoms with Gasteiger partial charge in [0.05, 0.1) is 10.5 Å². The number of sulfonamides is 1. The Kier molecular flexibility index (Phi) is 8.00. The monoisotopic (exact) mass is 459 g/mol. The number of halogens is 3. The SMILES string of the molecule is CCCOCC(=O)NNC(=O)c1cccc(S(=O)(=O)Nc2cccc(C(F)(F)F)c2)c1. The van der Waals surface area contributed by atoms with Crippen LogP contribution in [0.2, 0.25) is 0 Å². The molecule has 0 heterocycles. The average molecular weight is 459 g/mol. The van der Waals surface area contributed by atoms with Crippen LogP contribution in [0.5, 0.6) is 0 Å². The molecule has 31 heavy (non-hydrogen) atoms. The summed E-state index contributed by atoms with van der Waals surface area (Å²) in [6.07, 6.45) is -3.92. The second kappa shape index (κ2) is 10.3. The van der Waals surface area contributed by atoms with E-state index in [1.54, 1.807) is 0 Å². The number of amides is 2. The Morgan fingerprint density at radius 2 is 1.74 bits per heavy atom. The number of rotatable bonds is 8. The van der Waals surface area contributed by atoms with Crippen LogP contribution in [0, 0.1) is 0 Å². The smallest absolute Gasteiger partial charge is 0.372 e. The van der Waals surface area contributed by atoms with Gasteiger partial charge in [-0.25, -0.2) is 8.42 Å². The van der Waals surface area contributed by atoms with Gasteiger partial charge in [-0.05, 0) is 42.8 Å². The van der Waals surface area contributed by atoms with Crippen LogP contribution in [0.3, 0.4) is 0 Å². The normalized spacial score (nSPS) is 11.6. The number of hydrazine groups is 1. The van der Waals surface area contributed by atoms with Crippen molar-refractivity contribution in [3.05, 3.63) is 59.7 Å². The number of anilines is 1. The molecule has 0 atom stereocenters. The van der Waals surface area contributed by atoms with Gasteiger partial charge in [-0.3, -0.25) is 25.2 Å². The highest BCUT2D eigenvalue weighted by atomic mass is 32.2. The van der Waals surface area contributed by atoms with Crippen LogP contribution in [0.4, 0.5) is 18.9 Å². The molecule has 2 aromatic rings. The molecule has 0 spiro atoms. The summed E-state index contributed by atoms with van der Waals surface area (Å²) >= 11 is 0. The number of carbonyl (C=O) groups is 2. The minimum absolute atomic E-state index is 0.0957. The second-order valence-electron chi connectivity index (χ2n) is 6.27. The van der Waals surface area contributed by atoms with E-state index in [1.165, 1.54) is 24.3 Å². The van der Waals surface area contributed by atoms with Gasteiger partial charge >= 0.3 is 6.18 Å². The zero-order valence-electron chi connectivity index (χ0n) is 16.3. The van der Waals surface area contributed by atoms with Crippen LogP contribution < -0.4 is 15.6 Å². The minimum Gasteiger partial charge on any atom is -0.372 e. The second-order valence-corrected chi connectivity index (χ2v) is 7.95. The van der Waals surface area contributed by atoms with Crippen LogP contribution in [-0.2, 0) is 25.7 Å². The molecule has 0 aliphatic rings. The number of hydrogen-bond donors (Lipinski definition) is 3. The van der Waals surface area contributed by atoms with Crippen LogP contribution in [0.1, 0.15) is 29.3 Å². The number of hydrogen-bond acceptors (Lipinski definition) is 5. The number of alkyl halides is 3. The molecule has 0 radical (unpaired) electrons. The molecule has 168 valence electrons. The predicted octanol–water partition coefficient (Wildman–Crippen LogP) is 2.69. The molecule has 0 aliphatic heterocycles. The molecule has 12 heteroatoms. The lowest BCUT2D eigenvalue weighted by atomic mass is 10.2. The standard InChI is InChI=1S/C19H20F3N3O5S/c1-2-9-30-12-17(26)23-24-18(27)13-5-3-8-16(10-13)31(28,29)25-15-7-4-6-14(11-15)19(20,21)22/h3-8,10-11,25H,2,9,12H2,1H3,(H,23,26)(H,24,27). The Morgan fingerprint density at radius 3 is 2.42 bits per heavy atom. The fraction of sp³-hybridized carbons (Fsp3) is 0.263. The van der Waals surface area contributed by atoms with E-state index in [2.05, 4.69) is 10.9 Å². The van der Waals surface area contributed by atoms with Gasteiger partial charge in [0, 0.05) is 17.9 Å². The van der Waals surface area contributed by atoms with E-state index in [0.717, 1.165) is 24.6 Å². The molecule has 8 nitrogen and oxygen atoms in total. The Morgan fingerprint density at radius 1 is 1.03 bits per heavy atom. The highest BCUT2D eigenvalue weighted by molar-refractivity contribution is 7.92. The lowest BCUT2D eigenvalue weighted by Gasteiger charge is -2.12. The molecular weight excluding hydrogens is 439 g/mol. The van der Waals surface area contributed by atoms with Gasteiger partial charge in [-0.1, -0.05) is 19.1 Å². The van der Waals surface area contributed by atoms with Crippen LogP contribution in [-0.4, -0.2) is 33.4 Å². The number of ether oxygens (including phenoxy) is 1.